The first-order valence-electron chi connectivity index (χ1n) is 5.42. The second-order valence-corrected chi connectivity index (χ2v) is 3.68. The summed E-state index contributed by atoms with van der Waals surface area (Å²) in [6.07, 6.45) is 0.989. The van der Waals surface area contributed by atoms with E-state index >= 15 is 0 Å². The van der Waals surface area contributed by atoms with Crippen LogP contribution in [0, 0.1) is 21.7 Å². The van der Waals surface area contributed by atoms with E-state index in [0.29, 0.717) is 6.07 Å². The lowest BCUT2D eigenvalue weighted by molar-refractivity contribution is -0.384. The second-order valence-electron chi connectivity index (χ2n) is 3.68. The van der Waals surface area contributed by atoms with Gasteiger partial charge in [0.1, 0.15) is 17.8 Å². The summed E-state index contributed by atoms with van der Waals surface area (Å²) in [5.41, 5.74) is -0.553. The van der Waals surface area contributed by atoms with E-state index in [1.54, 1.807) is 0 Å². The topological polar surface area (TPSA) is 93.0 Å². The fourth-order valence-corrected chi connectivity index (χ4v) is 1.44. The summed E-state index contributed by atoms with van der Waals surface area (Å²) in [5, 5.41) is 15.9. The largest absolute Gasteiger partial charge is 0.357 e. The maximum Gasteiger partial charge on any atom is 0.329 e. The van der Waals surface area contributed by atoms with Crippen molar-refractivity contribution in [2.45, 2.75) is 0 Å². The van der Waals surface area contributed by atoms with Crippen molar-refractivity contribution < 1.29 is 13.7 Å². The summed E-state index contributed by atoms with van der Waals surface area (Å²) in [6, 6.07) is 2.81. The van der Waals surface area contributed by atoms with Crippen LogP contribution in [0.25, 0.3) is 0 Å². The monoisotopic (exact) mass is 281 g/mol. The summed E-state index contributed by atoms with van der Waals surface area (Å²) in [5.74, 6) is -1.70. The molecular formula is C11H9F2N5O2. The van der Waals surface area contributed by atoms with E-state index in [1.165, 1.54) is 7.05 Å². The normalized spacial score (nSPS) is 10.2. The smallest absolute Gasteiger partial charge is 0.329 e. The van der Waals surface area contributed by atoms with Gasteiger partial charge in [0.2, 0.25) is 11.8 Å². The van der Waals surface area contributed by atoms with Gasteiger partial charge in [-0.05, 0) is 12.1 Å². The summed E-state index contributed by atoms with van der Waals surface area (Å²) in [7, 11) is 1.53. The van der Waals surface area contributed by atoms with Crippen molar-refractivity contribution in [2.75, 3.05) is 17.7 Å². The van der Waals surface area contributed by atoms with Gasteiger partial charge in [0.25, 0.3) is 0 Å². The molecule has 20 heavy (non-hydrogen) atoms. The Morgan fingerprint density at radius 2 is 2.10 bits per heavy atom. The highest BCUT2D eigenvalue weighted by Crippen LogP contribution is 2.27. The van der Waals surface area contributed by atoms with E-state index in [-0.39, 0.29) is 17.5 Å². The first-order valence-corrected chi connectivity index (χ1v) is 5.42. The lowest BCUT2D eigenvalue weighted by Gasteiger charge is -2.08. The summed E-state index contributed by atoms with van der Waals surface area (Å²) in [4.78, 5) is 17.7. The minimum absolute atomic E-state index is 0.126. The number of aromatic nitrogens is 2. The van der Waals surface area contributed by atoms with Gasteiger partial charge < -0.3 is 10.6 Å². The Hall–Kier alpha value is -2.84. The van der Waals surface area contributed by atoms with Crippen LogP contribution in [0.15, 0.2) is 24.4 Å². The molecule has 2 aromatic rings. The number of anilines is 3. The number of hydrogen-bond acceptors (Lipinski definition) is 6. The number of rotatable bonds is 4. The van der Waals surface area contributed by atoms with Gasteiger partial charge in [-0.3, -0.25) is 10.1 Å². The quantitative estimate of drug-likeness (QED) is 0.660. The fourth-order valence-electron chi connectivity index (χ4n) is 1.44. The summed E-state index contributed by atoms with van der Waals surface area (Å²) in [6.45, 7) is 0. The van der Waals surface area contributed by atoms with Crippen molar-refractivity contribution in [2.24, 2.45) is 0 Å². The standard InChI is InChI=1S/C11H9F2N5O2/c1-14-11-15-5-9(18(19)20)10(17-11)16-8-3-2-6(12)4-7(8)13/h2-5H,1H3,(H2,14,15,16,17). The maximum atomic E-state index is 13.5. The van der Waals surface area contributed by atoms with E-state index in [4.69, 9.17) is 0 Å². The average Bonchev–Trinajstić information content (AvgIpc) is 2.41. The molecule has 1 aromatic carbocycles. The molecule has 0 aliphatic heterocycles. The molecule has 2 N–H and O–H groups in total. The number of nitro groups is 1. The molecule has 0 aliphatic carbocycles. The maximum absolute atomic E-state index is 13.5. The Labute approximate surface area is 111 Å². The van der Waals surface area contributed by atoms with Crippen molar-refractivity contribution in [1.82, 2.24) is 9.97 Å². The third kappa shape index (κ3) is 2.76. The number of nitrogens with zero attached hydrogens (tertiary/aromatic N) is 3. The predicted molar refractivity (Wildman–Crippen MR) is 67.9 cm³/mol. The molecule has 7 nitrogen and oxygen atoms in total. The lowest BCUT2D eigenvalue weighted by atomic mass is 10.3. The van der Waals surface area contributed by atoms with Gasteiger partial charge in [0.15, 0.2) is 0 Å². The zero-order valence-corrected chi connectivity index (χ0v) is 10.2. The molecule has 0 amide bonds. The Bertz CT molecular complexity index is 665. The van der Waals surface area contributed by atoms with Crippen molar-refractivity contribution in [3.8, 4) is 0 Å². The molecule has 0 saturated heterocycles. The minimum Gasteiger partial charge on any atom is -0.357 e. The summed E-state index contributed by atoms with van der Waals surface area (Å²) >= 11 is 0. The SMILES string of the molecule is CNc1ncc([N+](=O)[O-])c(Nc2ccc(F)cc2F)n1. The van der Waals surface area contributed by atoms with E-state index in [1.807, 2.05) is 0 Å². The number of nitrogens with one attached hydrogen (secondary N) is 2. The molecular weight excluding hydrogens is 272 g/mol. The van der Waals surface area contributed by atoms with Gasteiger partial charge >= 0.3 is 5.69 Å². The van der Waals surface area contributed by atoms with Crippen molar-refractivity contribution >= 4 is 23.1 Å². The molecule has 2 rings (SSSR count). The Morgan fingerprint density at radius 1 is 1.35 bits per heavy atom. The third-order valence-electron chi connectivity index (χ3n) is 2.37. The minimum atomic E-state index is -0.885. The van der Waals surface area contributed by atoms with E-state index < -0.39 is 22.2 Å². The highest BCUT2D eigenvalue weighted by Gasteiger charge is 2.18. The van der Waals surface area contributed by atoms with Gasteiger partial charge in [0, 0.05) is 13.1 Å². The number of benzene rings is 1. The Kier molecular flexibility index (Phi) is 3.69. The Morgan fingerprint density at radius 3 is 2.70 bits per heavy atom. The van der Waals surface area contributed by atoms with Crippen molar-refractivity contribution in [3.05, 3.63) is 46.1 Å². The van der Waals surface area contributed by atoms with Crippen LogP contribution in [-0.4, -0.2) is 21.9 Å². The molecule has 1 aromatic heterocycles. The third-order valence-corrected chi connectivity index (χ3v) is 2.37. The van der Waals surface area contributed by atoms with Gasteiger partial charge in [-0.1, -0.05) is 0 Å². The average molecular weight is 281 g/mol. The van der Waals surface area contributed by atoms with Crippen molar-refractivity contribution in [3.63, 3.8) is 0 Å². The molecule has 0 radical (unpaired) electrons. The van der Waals surface area contributed by atoms with Gasteiger partial charge in [0.05, 0.1) is 10.6 Å². The molecule has 0 aliphatic rings. The van der Waals surface area contributed by atoms with E-state index in [2.05, 4.69) is 20.6 Å². The molecule has 9 heteroatoms. The Balaban J connectivity index is 2.43. The predicted octanol–water partition coefficient (Wildman–Crippen LogP) is 2.45. The molecule has 0 fully saturated rings. The first kappa shape index (κ1) is 13.6. The number of halogens is 2. The zero-order valence-electron chi connectivity index (χ0n) is 10.2. The summed E-state index contributed by atoms with van der Waals surface area (Å²) < 4.78 is 26.3. The van der Waals surface area contributed by atoms with Gasteiger partial charge in [-0.2, -0.15) is 4.98 Å². The highest BCUT2D eigenvalue weighted by molar-refractivity contribution is 5.66. The van der Waals surface area contributed by atoms with Crippen LogP contribution in [0.3, 0.4) is 0 Å². The van der Waals surface area contributed by atoms with Crippen molar-refractivity contribution in [1.29, 1.82) is 0 Å². The van der Waals surface area contributed by atoms with Gasteiger partial charge in [-0.15, -0.1) is 0 Å². The van der Waals surface area contributed by atoms with Crippen LogP contribution in [0.4, 0.5) is 31.9 Å². The van der Waals surface area contributed by atoms with E-state index in [0.717, 1.165) is 18.3 Å². The van der Waals surface area contributed by atoms with Crippen LogP contribution in [0.5, 0.6) is 0 Å². The molecule has 1 heterocycles. The second kappa shape index (κ2) is 5.43. The molecule has 0 bridgehead atoms. The van der Waals surface area contributed by atoms with Gasteiger partial charge in [-0.25, -0.2) is 13.8 Å². The zero-order chi connectivity index (χ0) is 14.7. The lowest BCUT2D eigenvalue weighted by Crippen LogP contribution is -2.05. The fraction of sp³-hybridized carbons (Fsp3) is 0.0909. The van der Waals surface area contributed by atoms with Crippen LogP contribution in [-0.2, 0) is 0 Å². The van der Waals surface area contributed by atoms with Crippen LogP contribution in [0.2, 0.25) is 0 Å². The molecule has 104 valence electrons. The van der Waals surface area contributed by atoms with Crippen LogP contribution < -0.4 is 10.6 Å². The molecule has 0 saturated carbocycles. The molecule has 0 atom stereocenters. The highest BCUT2D eigenvalue weighted by atomic mass is 19.1. The molecule has 0 unspecified atom stereocenters. The first-order chi connectivity index (χ1) is 9.51. The van der Waals surface area contributed by atoms with E-state index in [9.17, 15) is 18.9 Å². The molecule has 0 spiro atoms. The van der Waals surface area contributed by atoms with Crippen LogP contribution >= 0.6 is 0 Å². The van der Waals surface area contributed by atoms with Crippen LogP contribution in [0.1, 0.15) is 0 Å². The number of hydrogen-bond donors (Lipinski definition) is 2.